The average molecular weight is 409 g/mol. The highest BCUT2D eigenvalue weighted by molar-refractivity contribution is 7.92. The molecule has 1 N–H and O–H groups in total. The Hall–Kier alpha value is -2.28. The van der Waals surface area contributed by atoms with Crippen molar-refractivity contribution in [3.8, 4) is 5.75 Å². The van der Waals surface area contributed by atoms with Crippen molar-refractivity contribution in [3.63, 3.8) is 0 Å². The van der Waals surface area contributed by atoms with Crippen molar-refractivity contribution in [2.45, 2.75) is 11.5 Å². The molecule has 8 heteroatoms. The van der Waals surface area contributed by atoms with Crippen LogP contribution in [0.4, 0.5) is 5.69 Å². The lowest BCUT2D eigenvalue weighted by Crippen LogP contribution is -2.13. The fourth-order valence-electron chi connectivity index (χ4n) is 2.19. The molecule has 0 unspecified atom stereocenters. The molecule has 1 aromatic heterocycles. The number of anilines is 1. The van der Waals surface area contributed by atoms with Gasteiger partial charge in [0.15, 0.2) is 0 Å². The van der Waals surface area contributed by atoms with Gasteiger partial charge >= 0.3 is 0 Å². The van der Waals surface area contributed by atoms with Crippen molar-refractivity contribution in [3.05, 3.63) is 82.6 Å². The number of rotatable bonds is 6. The van der Waals surface area contributed by atoms with E-state index in [9.17, 15) is 8.42 Å². The maximum atomic E-state index is 12.5. The number of hydrogen-bond acceptors (Lipinski definition) is 4. The first-order valence-electron chi connectivity index (χ1n) is 7.54. The Balaban J connectivity index is 1.75. The van der Waals surface area contributed by atoms with Gasteiger partial charge in [-0.2, -0.15) is 0 Å². The van der Waals surface area contributed by atoms with Crippen molar-refractivity contribution < 1.29 is 13.2 Å². The minimum atomic E-state index is -3.83. The van der Waals surface area contributed by atoms with E-state index in [-0.39, 0.29) is 21.5 Å². The number of pyridine rings is 1. The molecule has 26 heavy (non-hydrogen) atoms. The standard InChI is InChI=1S/C18H14Cl2N2O3S/c19-13-8-14(20)10-18(9-13)26(23,24)22-15-5-3-6-17(11-15)25-12-16-4-1-2-7-21-16/h1-11,22H,12H2. The first kappa shape index (κ1) is 18.5. The summed E-state index contributed by atoms with van der Waals surface area (Å²) >= 11 is 11.8. The van der Waals surface area contributed by atoms with Crippen molar-refractivity contribution in [1.29, 1.82) is 0 Å². The number of nitrogens with one attached hydrogen (secondary N) is 1. The maximum absolute atomic E-state index is 12.5. The summed E-state index contributed by atoms with van der Waals surface area (Å²) in [5.74, 6) is 0.514. The van der Waals surface area contributed by atoms with Crippen LogP contribution in [0.25, 0.3) is 0 Å². The topological polar surface area (TPSA) is 68.3 Å². The molecule has 0 spiro atoms. The predicted molar refractivity (Wildman–Crippen MR) is 102 cm³/mol. The Bertz CT molecular complexity index is 992. The molecule has 3 aromatic rings. The normalized spacial score (nSPS) is 11.2. The van der Waals surface area contributed by atoms with E-state index < -0.39 is 10.0 Å². The van der Waals surface area contributed by atoms with Gasteiger partial charge < -0.3 is 4.74 Å². The number of sulfonamides is 1. The van der Waals surface area contributed by atoms with E-state index in [1.807, 2.05) is 18.2 Å². The third kappa shape index (κ3) is 4.88. The minimum absolute atomic E-state index is 0.0187. The van der Waals surface area contributed by atoms with Crippen molar-refractivity contribution in [2.75, 3.05) is 4.72 Å². The summed E-state index contributed by atoms with van der Waals surface area (Å²) in [5.41, 5.74) is 1.13. The molecule has 134 valence electrons. The summed E-state index contributed by atoms with van der Waals surface area (Å²) in [6.07, 6.45) is 1.68. The van der Waals surface area contributed by atoms with Crippen LogP contribution < -0.4 is 9.46 Å². The Kier molecular flexibility index (Phi) is 5.66. The molecule has 3 rings (SSSR count). The highest BCUT2D eigenvalue weighted by Crippen LogP contribution is 2.25. The Morgan fingerprint density at radius 1 is 0.962 bits per heavy atom. The van der Waals surface area contributed by atoms with Crippen molar-refractivity contribution in [2.24, 2.45) is 0 Å². The number of nitrogens with zero attached hydrogens (tertiary/aromatic N) is 1. The van der Waals surface area contributed by atoms with Gasteiger partial charge in [-0.15, -0.1) is 0 Å². The highest BCUT2D eigenvalue weighted by atomic mass is 35.5. The lowest BCUT2D eigenvalue weighted by Gasteiger charge is -2.11. The Morgan fingerprint density at radius 2 is 1.73 bits per heavy atom. The fourth-order valence-corrected chi connectivity index (χ4v) is 3.96. The molecule has 0 amide bonds. The number of aromatic nitrogens is 1. The summed E-state index contributed by atoms with van der Waals surface area (Å²) in [7, 11) is -3.83. The summed E-state index contributed by atoms with van der Waals surface area (Å²) in [4.78, 5) is 4.15. The Labute approximate surface area is 161 Å². The second-order valence-electron chi connectivity index (χ2n) is 5.35. The van der Waals surface area contributed by atoms with Gasteiger partial charge in [0, 0.05) is 22.3 Å². The summed E-state index contributed by atoms with van der Waals surface area (Å²) in [5, 5.41) is 0.482. The predicted octanol–water partition coefficient (Wildman–Crippen LogP) is 4.77. The van der Waals surface area contributed by atoms with Crippen LogP contribution in [0, 0.1) is 0 Å². The minimum Gasteiger partial charge on any atom is -0.487 e. The molecule has 1 heterocycles. The van der Waals surface area contributed by atoms with E-state index >= 15 is 0 Å². The SMILES string of the molecule is O=S(=O)(Nc1cccc(OCc2ccccn2)c1)c1cc(Cl)cc(Cl)c1. The quantitative estimate of drug-likeness (QED) is 0.637. The average Bonchev–Trinajstić information content (AvgIpc) is 2.60. The van der Waals surface area contributed by atoms with Crippen LogP contribution in [0.15, 0.2) is 71.8 Å². The van der Waals surface area contributed by atoms with E-state index in [0.29, 0.717) is 11.4 Å². The molecule has 0 saturated carbocycles. The van der Waals surface area contributed by atoms with Gasteiger partial charge in [-0.25, -0.2) is 8.42 Å². The fraction of sp³-hybridized carbons (Fsp3) is 0.0556. The monoisotopic (exact) mass is 408 g/mol. The molecule has 0 aliphatic rings. The zero-order valence-electron chi connectivity index (χ0n) is 13.4. The van der Waals surface area contributed by atoms with Gasteiger partial charge in [-0.05, 0) is 42.5 Å². The Morgan fingerprint density at radius 3 is 2.42 bits per heavy atom. The second kappa shape index (κ2) is 7.95. The van der Waals surface area contributed by atoms with E-state index in [1.165, 1.54) is 18.2 Å². The molecule has 0 saturated heterocycles. The molecule has 0 bridgehead atoms. The van der Waals surface area contributed by atoms with E-state index in [4.69, 9.17) is 27.9 Å². The third-order valence-electron chi connectivity index (χ3n) is 3.35. The molecule has 0 radical (unpaired) electrons. The summed E-state index contributed by atoms with van der Waals surface area (Å²) in [6, 6.07) is 16.3. The maximum Gasteiger partial charge on any atom is 0.261 e. The van der Waals surface area contributed by atoms with E-state index in [1.54, 1.807) is 30.5 Å². The first-order valence-corrected chi connectivity index (χ1v) is 9.78. The van der Waals surface area contributed by atoms with Crippen molar-refractivity contribution >= 4 is 38.9 Å². The van der Waals surface area contributed by atoms with Crippen LogP contribution in [-0.2, 0) is 16.6 Å². The number of benzene rings is 2. The van der Waals surface area contributed by atoms with Crippen molar-refractivity contribution in [1.82, 2.24) is 4.98 Å². The molecular weight excluding hydrogens is 395 g/mol. The zero-order chi connectivity index (χ0) is 18.6. The molecule has 0 aliphatic heterocycles. The smallest absolute Gasteiger partial charge is 0.261 e. The number of hydrogen-bond donors (Lipinski definition) is 1. The van der Waals surface area contributed by atoms with Gasteiger partial charge in [-0.1, -0.05) is 35.3 Å². The molecule has 0 atom stereocenters. The summed E-state index contributed by atoms with van der Waals surface area (Å²) in [6.45, 7) is 0.279. The van der Waals surface area contributed by atoms with Gasteiger partial charge in [0.05, 0.1) is 16.3 Å². The molecule has 0 fully saturated rings. The molecule has 5 nitrogen and oxygen atoms in total. The van der Waals surface area contributed by atoms with Crippen LogP contribution >= 0.6 is 23.2 Å². The van der Waals surface area contributed by atoms with Gasteiger partial charge in [0.2, 0.25) is 0 Å². The van der Waals surface area contributed by atoms with E-state index in [2.05, 4.69) is 9.71 Å². The van der Waals surface area contributed by atoms with Gasteiger partial charge in [0.25, 0.3) is 10.0 Å². The number of ether oxygens (including phenoxy) is 1. The third-order valence-corrected chi connectivity index (χ3v) is 5.14. The van der Waals surface area contributed by atoms with Crippen LogP contribution in [0.1, 0.15) is 5.69 Å². The van der Waals surface area contributed by atoms with Crippen LogP contribution in [0.2, 0.25) is 10.0 Å². The van der Waals surface area contributed by atoms with Gasteiger partial charge in [-0.3, -0.25) is 9.71 Å². The van der Waals surface area contributed by atoms with E-state index in [0.717, 1.165) is 5.69 Å². The largest absolute Gasteiger partial charge is 0.487 e. The van der Waals surface area contributed by atoms with Crippen LogP contribution in [-0.4, -0.2) is 13.4 Å². The molecule has 0 aliphatic carbocycles. The van der Waals surface area contributed by atoms with Crippen LogP contribution in [0.5, 0.6) is 5.75 Å². The van der Waals surface area contributed by atoms with Crippen LogP contribution in [0.3, 0.4) is 0 Å². The summed E-state index contributed by atoms with van der Waals surface area (Å²) < 4.78 is 33.2. The lowest BCUT2D eigenvalue weighted by molar-refractivity contribution is 0.301. The number of halogens is 2. The molecular formula is C18H14Cl2N2O3S. The first-order chi connectivity index (χ1) is 12.4. The van der Waals surface area contributed by atoms with Gasteiger partial charge in [0.1, 0.15) is 12.4 Å². The molecule has 2 aromatic carbocycles. The second-order valence-corrected chi connectivity index (χ2v) is 7.90. The zero-order valence-corrected chi connectivity index (χ0v) is 15.7. The lowest BCUT2D eigenvalue weighted by atomic mass is 10.3. The highest BCUT2D eigenvalue weighted by Gasteiger charge is 2.16.